The lowest BCUT2D eigenvalue weighted by Gasteiger charge is -2.14. The van der Waals surface area contributed by atoms with Crippen LogP contribution in [0.4, 0.5) is 0 Å². The van der Waals surface area contributed by atoms with Crippen LogP contribution in [0.1, 0.15) is 32.7 Å². The summed E-state index contributed by atoms with van der Waals surface area (Å²) >= 11 is -0.976. The highest BCUT2D eigenvalue weighted by Gasteiger charge is 2.14. The molecule has 0 aliphatic carbocycles. The monoisotopic (exact) mass is 248 g/mol. The standard InChI is InChI=1S/C14H18NOS/c1-4-6-11(2)15-10-9-12-13(15)7-5-8-14(12)17(3)16/h5,7,9-11H,4,6H2,1-3H3. The third-order valence-electron chi connectivity index (χ3n) is 3.12. The molecule has 1 aromatic carbocycles. The topological polar surface area (TPSA) is 28.0 Å². The molecule has 0 aliphatic rings. The second-order valence-electron chi connectivity index (χ2n) is 4.42. The molecular weight excluding hydrogens is 230 g/mol. The van der Waals surface area contributed by atoms with Gasteiger partial charge < -0.3 is 9.12 Å². The number of nitrogens with zero attached hydrogens (tertiary/aromatic N) is 1. The van der Waals surface area contributed by atoms with Gasteiger partial charge in [-0.25, -0.2) is 0 Å². The van der Waals surface area contributed by atoms with Crippen LogP contribution in [0.25, 0.3) is 10.9 Å². The van der Waals surface area contributed by atoms with Crippen molar-refractivity contribution in [2.24, 2.45) is 0 Å². The van der Waals surface area contributed by atoms with Gasteiger partial charge in [0.15, 0.2) is 4.90 Å². The summed E-state index contributed by atoms with van der Waals surface area (Å²) in [6, 6.07) is 9.54. The van der Waals surface area contributed by atoms with E-state index in [-0.39, 0.29) is 0 Å². The summed E-state index contributed by atoms with van der Waals surface area (Å²) in [5.74, 6) is 0. The average molecular weight is 248 g/mol. The normalized spacial score (nSPS) is 15.1. The van der Waals surface area contributed by atoms with Crippen molar-refractivity contribution in [3.8, 4) is 0 Å². The zero-order chi connectivity index (χ0) is 12.4. The van der Waals surface area contributed by atoms with Crippen LogP contribution in [-0.4, -0.2) is 15.4 Å². The number of hydrogen-bond acceptors (Lipinski definition) is 1. The Hall–Kier alpha value is -0.930. The fraction of sp³-hybridized carbons (Fsp3) is 0.429. The van der Waals surface area contributed by atoms with E-state index < -0.39 is 11.2 Å². The molecule has 3 heteroatoms. The van der Waals surface area contributed by atoms with E-state index in [4.69, 9.17) is 0 Å². The molecule has 2 nitrogen and oxygen atoms in total. The summed E-state index contributed by atoms with van der Waals surface area (Å²) in [7, 11) is 0. The number of aromatic nitrogens is 1. The number of rotatable bonds is 4. The zero-order valence-corrected chi connectivity index (χ0v) is 11.4. The van der Waals surface area contributed by atoms with Crippen molar-refractivity contribution in [2.75, 3.05) is 6.26 Å². The van der Waals surface area contributed by atoms with E-state index in [9.17, 15) is 4.55 Å². The molecule has 1 aromatic heterocycles. The first-order valence-electron chi connectivity index (χ1n) is 5.99. The third kappa shape index (κ3) is 2.35. The van der Waals surface area contributed by atoms with Gasteiger partial charge in [0.05, 0.1) is 10.9 Å². The first kappa shape index (κ1) is 12.5. The zero-order valence-electron chi connectivity index (χ0n) is 10.6. The minimum atomic E-state index is -0.976. The van der Waals surface area contributed by atoms with Crippen LogP contribution in [0.5, 0.6) is 0 Å². The van der Waals surface area contributed by atoms with Crippen LogP contribution >= 0.6 is 0 Å². The fourth-order valence-corrected chi connectivity index (χ4v) is 3.00. The first-order valence-corrected chi connectivity index (χ1v) is 7.55. The predicted octanol–water partition coefficient (Wildman–Crippen LogP) is 3.54. The summed E-state index contributed by atoms with van der Waals surface area (Å²) in [5.41, 5.74) is 1.16. The highest BCUT2D eigenvalue weighted by molar-refractivity contribution is 7.91. The van der Waals surface area contributed by atoms with Gasteiger partial charge in [-0.3, -0.25) is 0 Å². The Morgan fingerprint density at radius 2 is 2.24 bits per heavy atom. The van der Waals surface area contributed by atoms with Crippen molar-refractivity contribution >= 4 is 22.1 Å². The van der Waals surface area contributed by atoms with Crippen LogP contribution < -0.4 is 0 Å². The Balaban J connectivity index is 2.51. The number of fused-ring (bicyclic) bond motifs is 1. The lowest BCUT2D eigenvalue weighted by molar-refractivity contribution is 0.515. The van der Waals surface area contributed by atoms with Crippen LogP contribution in [0, 0.1) is 6.07 Å². The molecule has 0 bridgehead atoms. The van der Waals surface area contributed by atoms with Crippen LogP contribution in [0.2, 0.25) is 0 Å². The summed E-state index contributed by atoms with van der Waals surface area (Å²) in [4.78, 5) is 0.810. The van der Waals surface area contributed by atoms with Gasteiger partial charge in [0, 0.05) is 18.3 Å². The molecule has 1 heterocycles. The first-order chi connectivity index (χ1) is 8.15. The molecular formula is C14H18NOS. The van der Waals surface area contributed by atoms with Gasteiger partial charge in [-0.15, -0.1) is 0 Å². The van der Waals surface area contributed by atoms with Gasteiger partial charge in [0.1, 0.15) is 6.26 Å². The Labute approximate surface area is 106 Å². The molecule has 2 unspecified atom stereocenters. The fourth-order valence-electron chi connectivity index (χ4n) is 2.28. The summed E-state index contributed by atoms with van der Waals surface area (Å²) in [6.45, 7) is 4.42. The quantitative estimate of drug-likeness (QED) is 0.761. The molecule has 0 amide bonds. The van der Waals surface area contributed by atoms with E-state index in [1.54, 1.807) is 6.26 Å². The summed E-state index contributed by atoms with van der Waals surface area (Å²) in [6.07, 6.45) is 6.13. The van der Waals surface area contributed by atoms with Crippen LogP contribution in [-0.2, 0) is 11.2 Å². The highest BCUT2D eigenvalue weighted by Crippen LogP contribution is 2.27. The maximum absolute atomic E-state index is 11.6. The van der Waals surface area contributed by atoms with E-state index in [2.05, 4.69) is 42.8 Å². The summed E-state index contributed by atoms with van der Waals surface area (Å²) in [5, 5.41) is 1.07. The molecule has 2 rings (SSSR count). The van der Waals surface area contributed by atoms with Crippen LogP contribution in [0.15, 0.2) is 29.3 Å². The van der Waals surface area contributed by atoms with Crippen molar-refractivity contribution in [1.82, 2.24) is 4.57 Å². The molecule has 17 heavy (non-hydrogen) atoms. The SMILES string of the molecule is CCCC(C)n1ccc2c([S+](C)[O-])[c]ccc21. The second kappa shape index (κ2) is 5.15. The third-order valence-corrected chi connectivity index (χ3v) is 4.04. The van der Waals surface area contributed by atoms with E-state index >= 15 is 0 Å². The molecule has 0 saturated carbocycles. The maximum atomic E-state index is 11.6. The minimum Gasteiger partial charge on any atom is -0.612 e. The number of benzene rings is 1. The van der Waals surface area contributed by atoms with Crippen molar-refractivity contribution in [2.45, 2.75) is 37.6 Å². The van der Waals surface area contributed by atoms with E-state index in [0.717, 1.165) is 22.2 Å². The molecule has 0 saturated heterocycles. The molecule has 2 aromatic rings. The Morgan fingerprint density at radius 3 is 2.88 bits per heavy atom. The van der Waals surface area contributed by atoms with Gasteiger partial charge in [-0.05, 0) is 42.7 Å². The lowest BCUT2D eigenvalue weighted by Crippen LogP contribution is -2.03. The Morgan fingerprint density at radius 1 is 1.47 bits per heavy atom. The van der Waals surface area contributed by atoms with Gasteiger partial charge in [0.25, 0.3) is 0 Å². The minimum absolute atomic E-state index is 0.484. The smallest absolute Gasteiger partial charge is 0.169 e. The van der Waals surface area contributed by atoms with Crippen molar-refractivity contribution < 1.29 is 4.55 Å². The molecule has 1 radical (unpaired) electrons. The Kier molecular flexibility index (Phi) is 3.79. The maximum Gasteiger partial charge on any atom is 0.169 e. The molecule has 0 N–H and O–H groups in total. The van der Waals surface area contributed by atoms with Gasteiger partial charge in [-0.1, -0.05) is 13.3 Å². The Bertz CT molecular complexity index is 504. The van der Waals surface area contributed by atoms with E-state index in [0.29, 0.717) is 6.04 Å². The molecule has 2 atom stereocenters. The van der Waals surface area contributed by atoms with Gasteiger partial charge in [0.2, 0.25) is 0 Å². The van der Waals surface area contributed by atoms with Crippen LogP contribution in [0.3, 0.4) is 0 Å². The molecule has 0 aliphatic heterocycles. The highest BCUT2D eigenvalue weighted by atomic mass is 32.2. The van der Waals surface area contributed by atoms with E-state index in [1.165, 1.54) is 6.42 Å². The predicted molar refractivity (Wildman–Crippen MR) is 72.7 cm³/mol. The summed E-state index contributed by atoms with van der Waals surface area (Å²) < 4.78 is 13.9. The van der Waals surface area contributed by atoms with Crippen molar-refractivity contribution in [1.29, 1.82) is 0 Å². The largest absolute Gasteiger partial charge is 0.612 e. The van der Waals surface area contributed by atoms with Gasteiger partial charge in [-0.2, -0.15) is 0 Å². The number of hydrogen-bond donors (Lipinski definition) is 0. The average Bonchev–Trinajstić information content (AvgIpc) is 2.72. The molecule has 91 valence electrons. The van der Waals surface area contributed by atoms with Crippen molar-refractivity contribution in [3.05, 3.63) is 30.5 Å². The molecule has 0 fully saturated rings. The second-order valence-corrected chi connectivity index (χ2v) is 5.74. The van der Waals surface area contributed by atoms with E-state index in [1.807, 2.05) is 6.07 Å². The lowest BCUT2D eigenvalue weighted by atomic mass is 10.2. The van der Waals surface area contributed by atoms with Gasteiger partial charge >= 0.3 is 0 Å². The molecule has 0 spiro atoms. The van der Waals surface area contributed by atoms with Crippen molar-refractivity contribution in [3.63, 3.8) is 0 Å².